The SMILES string of the molecule is CCC1(C(=O)N(CCC#N)CC(C)C)CCCNC1. The van der Waals surface area contributed by atoms with Crippen molar-refractivity contribution < 1.29 is 4.79 Å². The summed E-state index contributed by atoms with van der Waals surface area (Å²) < 4.78 is 0. The second kappa shape index (κ2) is 7.49. The molecule has 19 heavy (non-hydrogen) atoms. The predicted molar refractivity (Wildman–Crippen MR) is 76.5 cm³/mol. The highest BCUT2D eigenvalue weighted by molar-refractivity contribution is 5.83. The summed E-state index contributed by atoms with van der Waals surface area (Å²) >= 11 is 0. The van der Waals surface area contributed by atoms with Crippen molar-refractivity contribution in [3.63, 3.8) is 0 Å². The molecule has 0 radical (unpaired) electrons. The molecular formula is C15H27N3O. The molecule has 1 unspecified atom stereocenters. The normalized spacial score (nSPS) is 23.1. The van der Waals surface area contributed by atoms with Crippen LogP contribution >= 0.6 is 0 Å². The molecule has 0 saturated carbocycles. The summed E-state index contributed by atoms with van der Waals surface area (Å²) in [6.07, 6.45) is 3.33. The fourth-order valence-corrected chi connectivity index (χ4v) is 2.84. The Labute approximate surface area is 117 Å². The molecule has 1 N–H and O–H groups in total. The third-order valence-electron chi connectivity index (χ3n) is 3.97. The van der Waals surface area contributed by atoms with Crippen molar-refractivity contribution in [2.24, 2.45) is 11.3 Å². The van der Waals surface area contributed by atoms with Crippen LogP contribution in [0.4, 0.5) is 0 Å². The summed E-state index contributed by atoms with van der Waals surface area (Å²) in [5.41, 5.74) is -0.247. The van der Waals surface area contributed by atoms with Gasteiger partial charge >= 0.3 is 0 Å². The van der Waals surface area contributed by atoms with Crippen LogP contribution in [-0.2, 0) is 4.79 Å². The fraction of sp³-hybridized carbons (Fsp3) is 0.867. The molecule has 1 fully saturated rings. The molecule has 1 aliphatic heterocycles. The Kier molecular flexibility index (Phi) is 6.30. The van der Waals surface area contributed by atoms with E-state index >= 15 is 0 Å². The van der Waals surface area contributed by atoms with Gasteiger partial charge in [-0.2, -0.15) is 5.26 Å². The Bertz CT molecular complexity index is 327. The van der Waals surface area contributed by atoms with Crippen LogP contribution in [0, 0.1) is 22.7 Å². The van der Waals surface area contributed by atoms with E-state index in [1.165, 1.54) is 0 Å². The van der Waals surface area contributed by atoms with Gasteiger partial charge in [0.2, 0.25) is 5.91 Å². The largest absolute Gasteiger partial charge is 0.341 e. The molecule has 108 valence electrons. The van der Waals surface area contributed by atoms with Gasteiger partial charge < -0.3 is 10.2 Å². The summed E-state index contributed by atoms with van der Waals surface area (Å²) in [7, 11) is 0. The molecule has 4 nitrogen and oxygen atoms in total. The Morgan fingerprint density at radius 2 is 2.26 bits per heavy atom. The van der Waals surface area contributed by atoms with E-state index in [4.69, 9.17) is 5.26 Å². The van der Waals surface area contributed by atoms with Gasteiger partial charge in [0.1, 0.15) is 0 Å². The summed E-state index contributed by atoms with van der Waals surface area (Å²) in [5, 5.41) is 12.1. The summed E-state index contributed by atoms with van der Waals surface area (Å²) in [6.45, 7) is 9.44. The van der Waals surface area contributed by atoms with Gasteiger partial charge in [0, 0.05) is 19.6 Å². The number of nitrogens with one attached hydrogen (secondary N) is 1. The Hall–Kier alpha value is -1.08. The van der Waals surface area contributed by atoms with Crippen molar-refractivity contribution in [1.29, 1.82) is 5.26 Å². The van der Waals surface area contributed by atoms with Crippen LogP contribution in [0.25, 0.3) is 0 Å². The number of nitrogens with zero attached hydrogens (tertiary/aromatic N) is 2. The van der Waals surface area contributed by atoms with E-state index in [-0.39, 0.29) is 11.3 Å². The zero-order valence-corrected chi connectivity index (χ0v) is 12.5. The lowest BCUT2D eigenvalue weighted by Gasteiger charge is -2.40. The highest BCUT2D eigenvalue weighted by atomic mass is 16.2. The van der Waals surface area contributed by atoms with Gasteiger partial charge in [-0.1, -0.05) is 20.8 Å². The highest BCUT2D eigenvalue weighted by Crippen LogP contribution is 2.32. The third-order valence-corrected chi connectivity index (χ3v) is 3.97. The topological polar surface area (TPSA) is 56.1 Å². The van der Waals surface area contributed by atoms with Gasteiger partial charge in [-0.05, 0) is 31.7 Å². The van der Waals surface area contributed by atoms with E-state index in [0.717, 1.165) is 38.9 Å². The van der Waals surface area contributed by atoms with Gasteiger partial charge in [-0.3, -0.25) is 4.79 Å². The minimum absolute atomic E-state index is 0.242. The predicted octanol–water partition coefficient (Wildman–Crippen LogP) is 2.16. The van der Waals surface area contributed by atoms with Gasteiger partial charge in [0.15, 0.2) is 0 Å². The highest BCUT2D eigenvalue weighted by Gasteiger charge is 2.40. The second-order valence-corrected chi connectivity index (χ2v) is 5.97. The minimum atomic E-state index is -0.247. The van der Waals surface area contributed by atoms with E-state index in [9.17, 15) is 4.79 Å². The molecule has 1 rings (SSSR count). The van der Waals surface area contributed by atoms with Crippen LogP contribution in [-0.4, -0.2) is 37.0 Å². The second-order valence-electron chi connectivity index (χ2n) is 5.97. The minimum Gasteiger partial charge on any atom is -0.341 e. The summed E-state index contributed by atoms with van der Waals surface area (Å²) in [4.78, 5) is 14.8. The molecule has 1 heterocycles. The van der Waals surface area contributed by atoms with E-state index in [0.29, 0.717) is 18.9 Å². The van der Waals surface area contributed by atoms with Crippen LogP contribution in [0.15, 0.2) is 0 Å². The van der Waals surface area contributed by atoms with E-state index in [2.05, 4.69) is 32.2 Å². The van der Waals surface area contributed by atoms with Crippen molar-refractivity contribution in [3.8, 4) is 6.07 Å². The van der Waals surface area contributed by atoms with Crippen molar-refractivity contribution >= 4 is 5.91 Å². The van der Waals surface area contributed by atoms with E-state index in [1.54, 1.807) is 0 Å². The number of hydrogen-bond donors (Lipinski definition) is 1. The third kappa shape index (κ3) is 4.21. The van der Waals surface area contributed by atoms with Crippen molar-refractivity contribution in [3.05, 3.63) is 0 Å². The zero-order chi connectivity index (χ0) is 14.3. The van der Waals surface area contributed by atoms with Crippen molar-refractivity contribution in [1.82, 2.24) is 10.2 Å². The number of rotatable bonds is 6. The average molecular weight is 265 g/mol. The molecule has 0 bridgehead atoms. The molecule has 0 aliphatic carbocycles. The van der Waals surface area contributed by atoms with Crippen LogP contribution in [0.1, 0.15) is 46.5 Å². The Morgan fingerprint density at radius 1 is 1.53 bits per heavy atom. The fourth-order valence-electron chi connectivity index (χ4n) is 2.84. The first-order valence-electron chi connectivity index (χ1n) is 7.43. The van der Waals surface area contributed by atoms with Gasteiger partial charge in [0.05, 0.1) is 17.9 Å². The molecule has 1 saturated heterocycles. The van der Waals surface area contributed by atoms with Crippen molar-refractivity contribution in [2.75, 3.05) is 26.2 Å². The molecule has 1 aliphatic rings. The van der Waals surface area contributed by atoms with Crippen LogP contribution in [0.3, 0.4) is 0 Å². The van der Waals surface area contributed by atoms with E-state index in [1.807, 2.05) is 4.90 Å². The number of carbonyl (C=O) groups excluding carboxylic acids is 1. The standard InChI is InChI=1S/C15H27N3O/c1-4-15(7-5-9-17-12-15)14(19)18(10-6-8-16)11-13(2)3/h13,17H,4-7,9-12H2,1-3H3. The first kappa shape index (κ1) is 16.0. The van der Waals surface area contributed by atoms with Crippen LogP contribution in [0.5, 0.6) is 0 Å². The lowest BCUT2D eigenvalue weighted by molar-refractivity contribution is -0.144. The Morgan fingerprint density at radius 3 is 2.74 bits per heavy atom. The van der Waals surface area contributed by atoms with E-state index < -0.39 is 0 Å². The Balaban J connectivity index is 2.80. The smallest absolute Gasteiger partial charge is 0.230 e. The van der Waals surface area contributed by atoms with Crippen LogP contribution in [0.2, 0.25) is 0 Å². The number of amides is 1. The molecule has 0 aromatic heterocycles. The summed E-state index contributed by atoms with van der Waals surface area (Å²) in [5.74, 6) is 0.680. The lowest BCUT2D eigenvalue weighted by Crippen LogP contribution is -2.52. The molecule has 0 aromatic carbocycles. The zero-order valence-electron chi connectivity index (χ0n) is 12.5. The number of carbonyl (C=O) groups is 1. The van der Waals surface area contributed by atoms with Crippen molar-refractivity contribution in [2.45, 2.75) is 46.5 Å². The number of nitriles is 1. The number of piperidine rings is 1. The van der Waals surface area contributed by atoms with Gasteiger partial charge in [-0.15, -0.1) is 0 Å². The quantitative estimate of drug-likeness (QED) is 0.800. The molecular weight excluding hydrogens is 238 g/mol. The first-order valence-corrected chi connectivity index (χ1v) is 7.43. The van der Waals surface area contributed by atoms with Gasteiger partial charge in [-0.25, -0.2) is 0 Å². The summed E-state index contributed by atoms with van der Waals surface area (Å²) in [6, 6.07) is 2.15. The van der Waals surface area contributed by atoms with Crippen LogP contribution < -0.4 is 5.32 Å². The molecule has 0 spiro atoms. The first-order chi connectivity index (χ1) is 9.05. The molecule has 4 heteroatoms. The van der Waals surface area contributed by atoms with Gasteiger partial charge in [0.25, 0.3) is 0 Å². The number of hydrogen-bond acceptors (Lipinski definition) is 3. The lowest BCUT2D eigenvalue weighted by atomic mass is 9.77. The monoisotopic (exact) mass is 265 g/mol. The maximum atomic E-state index is 12.9. The molecule has 1 atom stereocenters. The maximum Gasteiger partial charge on any atom is 0.230 e. The average Bonchev–Trinajstić information content (AvgIpc) is 2.43. The molecule has 0 aromatic rings. The maximum absolute atomic E-state index is 12.9. The molecule has 1 amide bonds.